The molecule has 2 rings (SSSR count). The monoisotopic (exact) mass is 303 g/mol. The van der Waals surface area contributed by atoms with Gasteiger partial charge in [0, 0.05) is 6.54 Å². The molecule has 0 atom stereocenters. The molecule has 0 radical (unpaired) electrons. The molecule has 0 heterocycles. The Morgan fingerprint density at radius 2 is 1.95 bits per heavy atom. The van der Waals surface area contributed by atoms with Crippen molar-refractivity contribution in [2.75, 3.05) is 11.9 Å². The lowest BCUT2D eigenvalue weighted by Crippen LogP contribution is -2.18. The maximum atomic E-state index is 12.7. The number of hydrogen-bond donors (Lipinski definition) is 1. The Hall–Kier alpha value is -1.17. The van der Waals surface area contributed by atoms with Crippen molar-refractivity contribution in [3.8, 4) is 0 Å². The molecule has 0 saturated heterocycles. The van der Waals surface area contributed by atoms with E-state index in [1.165, 1.54) is 18.2 Å². The number of rotatable bonds is 7. The molecule has 0 spiro atoms. The maximum Gasteiger partial charge on any atom is 0.341 e. The second-order valence-electron chi connectivity index (χ2n) is 5.41. The highest BCUT2D eigenvalue weighted by molar-refractivity contribution is 7.91. The lowest BCUT2D eigenvalue weighted by molar-refractivity contribution is 0.235. The van der Waals surface area contributed by atoms with Crippen LogP contribution in [0.25, 0.3) is 0 Å². The van der Waals surface area contributed by atoms with Crippen molar-refractivity contribution in [1.82, 2.24) is 0 Å². The zero-order valence-corrected chi connectivity index (χ0v) is 12.2. The molecule has 0 unspecified atom stereocenters. The summed E-state index contributed by atoms with van der Waals surface area (Å²) in [5.41, 5.74) is 0.492. The lowest BCUT2D eigenvalue weighted by atomic mass is 10.0. The molecule has 1 aliphatic carbocycles. The zero-order chi connectivity index (χ0) is 14.8. The SMILES string of the molecule is CCCC1(CNc2ccccc2S(=O)(=O)C(F)F)CC1. The Morgan fingerprint density at radius 1 is 1.30 bits per heavy atom. The van der Waals surface area contributed by atoms with E-state index in [1.54, 1.807) is 6.07 Å². The minimum atomic E-state index is -4.56. The second-order valence-corrected chi connectivity index (χ2v) is 7.29. The predicted molar refractivity (Wildman–Crippen MR) is 74.7 cm³/mol. The summed E-state index contributed by atoms with van der Waals surface area (Å²) in [6, 6.07) is 5.87. The Bertz CT molecular complexity index is 568. The summed E-state index contributed by atoms with van der Waals surface area (Å²) in [6.07, 6.45) is 4.36. The predicted octanol–water partition coefficient (Wildman–Crippen LogP) is 3.68. The third kappa shape index (κ3) is 3.11. The first-order valence-electron chi connectivity index (χ1n) is 6.76. The van der Waals surface area contributed by atoms with Crippen molar-refractivity contribution in [3.05, 3.63) is 24.3 Å². The number of benzene rings is 1. The van der Waals surface area contributed by atoms with Crippen molar-refractivity contribution >= 4 is 15.5 Å². The average molecular weight is 303 g/mol. The van der Waals surface area contributed by atoms with Crippen LogP contribution < -0.4 is 5.32 Å². The minimum absolute atomic E-state index is 0.219. The molecule has 0 amide bonds. The summed E-state index contributed by atoms with van der Waals surface area (Å²) < 4.78 is 48.6. The first-order valence-corrected chi connectivity index (χ1v) is 8.31. The van der Waals surface area contributed by atoms with Crippen LogP contribution in [0.4, 0.5) is 14.5 Å². The molecule has 0 aliphatic heterocycles. The van der Waals surface area contributed by atoms with Crippen LogP contribution >= 0.6 is 0 Å². The highest BCUT2D eigenvalue weighted by Crippen LogP contribution is 2.49. The molecule has 0 bridgehead atoms. The number of para-hydroxylation sites is 1. The van der Waals surface area contributed by atoms with Crippen LogP contribution in [0.15, 0.2) is 29.2 Å². The van der Waals surface area contributed by atoms with Gasteiger partial charge in [0.05, 0.1) is 10.6 Å². The van der Waals surface area contributed by atoms with Gasteiger partial charge in [-0.2, -0.15) is 8.78 Å². The molecular formula is C14H19F2NO2S. The van der Waals surface area contributed by atoms with Crippen molar-refractivity contribution in [3.63, 3.8) is 0 Å². The molecule has 20 heavy (non-hydrogen) atoms. The number of halogens is 2. The van der Waals surface area contributed by atoms with Gasteiger partial charge in [0.15, 0.2) is 0 Å². The van der Waals surface area contributed by atoms with Crippen LogP contribution in [0.3, 0.4) is 0 Å². The maximum absolute atomic E-state index is 12.7. The summed E-state index contributed by atoms with van der Waals surface area (Å²) >= 11 is 0. The van der Waals surface area contributed by atoms with E-state index in [0.29, 0.717) is 6.54 Å². The molecule has 1 aromatic rings. The quantitative estimate of drug-likeness (QED) is 0.836. The minimum Gasteiger partial charge on any atom is -0.383 e. The van der Waals surface area contributed by atoms with Gasteiger partial charge in [-0.05, 0) is 36.8 Å². The first-order chi connectivity index (χ1) is 9.41. The lowest BCUT2D eigenvalue weighted by Gasteiger charge is -2.18. The summed E-state index contributed by atoms with van der Waals surface area (Å²) in [4.78, 5) is -0.317. The number of hydrogen-bond acceptors (Lipinski definition) is 3. The fraction of sp³-hybridized carbons (Fsp3) is 0.571. The molecule has 1 aromatic carbocycles. The van der Waals surface area contributed by atoms with Gasteiger partial charge in [-0.1, -0.05) is 25.5 Å². The van der Waals surface area contributed by atoms with Crippen molar-refractivity contribution < 1.29 is 17.2 Å². The van der Waals surface area contributed by atoms with Gasteiger partial charge in [-0.15, -0.1) is 0 Å². The molecule has 3 nitrogen and oxygen atoms in total. The van der Waals surface area contributed by atoms with E-state index in [4.69, 9.17) is 0 Å². The van der Waals surface area contributed by atoms with Gasteiger partial charge >= 0.3 is 5.76 Å². The molecule has 1 saturated carbocycles. The second kappa shape index (κ2) is 5.68. The number of alkyl halides is 2. The van der Waals surface area contributed by atoms with E-state index >= 15 is 0 Å². The van der Waals surface area contributed by atoms with Gasteiger partial charge in [-0.25, -0.2) is 8.42 Å². The number of sulfone groups is 1. The topological polar surface area (TPSA) is 46.2 Å². The third-order valence-corrected chi connectivity index (χ3v) is 5.26. The van der Waals surface area contributed by atoms with Crippen molar-refractivity contribution in [2.45, 2.75) is 43.3 Å². The fourth-order valence-corrected chi connectivity index (χ4v) is 3.37. The van der Waals surface area contributed by atoms with Crippen molar-refractivity contribution in [2.24, 2.45) is 5.41 Å². The Balaban J connectivity index is 2.17. The normalized spacial score (nSPS) is 17.2. The third-order valence-electron chi connectivity index (χ3n) is 3.82. The highest BCUT2D eigenvalue weighted by atomic mass is 32.2. The smallest absolute Gasteiger partial charge is 0.341 e. The van der Waals surface area contributed by atoms with E-state index in [2.05, 4.69) is 12.2 Å². The van der Waals surface area contributed by atoms with Crippen LogP contribution in [0, 0.1) is 5.41 Å². The molecular weight excluding hydrogens is 284 g/mol. The van der Waals surface area contributed by atoms with Gasteiger partial charge in [0.25, 0.3) is 0 Å². The van der Waals surface area contributed by atoms with Crippen LogP contribution in [-0.4, -0.2) is 20.7 Å². The van der Waals surface area contributed by atoms with Crippen LogP contribution in [0.1, 0.15) is 32.6 Å². The van der Waals surface area contributed by atoms with E-state index < -0.39 is 15.6 Å². The summed E-state index contributed by atoms with van der Waals surface area (Å²) in [6.45, 7) is 2.74. The number of anilines is 1. The zero-order valence-electron chi connectivity index (χ0n) is 11.4. The molecule has 1 N–H and O–H groups in total. The largest absolute Gasteiger partial charge is 0.383 e. The van der Waals surface area contributed by atoms with E-state index in [-0.39, 0.29) is 16.0 Å². The van der Waals surface area contributed by atoms with E-state index in [0.717, 1.165) is 25.7 Å². The fourth-order valence-electron chi connectivity index (χ4n) is 2.46. The molecule has 6 heteroatoms. The average Bonchev–Trinajstić information content (AvgIpc) is 3.17. The summed E-state index contributed by atoms with van der Waals surface area (Å²) in [5.74, 6) is -3.39. The highest BCUT2D eigenvalue weighted by Gasteiger charge is 2.41. The van der Waals surface area contributed by atoms with E-state index in [1.807, 2.05) is 0 Å². The molecule has 0 aromatic heterocycles. The van der Waals surface area contributed by atoms with Gasteiger partial charge in [0.2, 0.25) is 9.84 Å². The number of nitrogens with one attached hydrogen (secondary N) is 1. The van der Waals surface area contributed by atoms with Crippen LogP contribution in [-0.2, 0) is 9.84 Å². The van der Waals surface area contributed by atoms with Gasteiger partial charge in [-0.3, -0.25) is 0 Å². The molecule has 112 valence electrons. The standard InChI is InChI=1S/C14H19F2NO2S/c1-2-7-14(8-9-14)10-17-11-5-3-4-6-12(11)20(18,19)13(15)16/h3-6,13,17H,2,7-10H2,1H3. The van der Waals surface area contributed by atoms with E-state index in [9.17, 15) is 17.2 Å². The van der Waals surface area contributed by atoms with Crippen molar-refractivity contribution in [1.29, 1.82) is 0 Å². The Labute approximate surface area is 118 Å². The Kier molecular flexibility index (Phi) is 4.32. The molecule has 1 fully saturated rings. The molecule has 1 aliphatic rings. The summed E-state index contributed by atoms with van der Waals surface area (Å²) in [5, 5.41) is 3.05. The van der Waals surface area contributed by atoms with Crippen LogP contribution in [0.2, 0.25) is 0 Å². The Morgan fingerprint density at radius 3 is 2.50 bits per heavy atom. The summed E-state index contributed by atoms with van der Waals surface area (Å²) in [7, 11) is -4.56. The van der Waals surface area contributed by atoms with Gasteiger partial charge in [0.1, 0.15) is 0 Å². The first kappa shape index (κ1) is 15.2. The van der Waals surface area contributed by atoms with Crippen LogP contribution in [0.5, 0.6) is 0 Å². The van der Waals surface area contributed by atoms with Gasteiger partial charge < -0.3 is 5.32 Å².